The van der Waals surface area contributed by atoms with Crippen LogP contribution in [0.25, 0.3) is 0 Å². The molecule has 2 aromatic rings. The Balaban J connectivity index is 1.95. The lowest BCUT2D eigenvalue weighted by atomic mass is 10.2. The average molecular weight is 250 g/mol. The summed E-state index contributed by atoms with van der Waals surface area (Å²) >= 11 is 6.09. The Morgan fingerprint density at radius 2 is 2.00 bits per heavy atom. The Labute approximate surface area is 106 Å². The molecular formula is C13H16ClN3. The zero-order chi connectivity index (χ0) is 12.3. The summed E-state index contributed by atoms with van der Waals surface area (Å²) in [6.45, 7) is 5.62. The number of aryl methyl sites for hydroxylation is 2. The van der Waals surface area contributed by atoms with E-state index in [1.807, 2.05) is 38.1 Å². The van der Waals surface area contributed by atoms with Crippen LogP contribution in [0.2, 0.25) is 5.02 Å². The van der Waals surface area contributed by atoms with E-state index in [0.29, 0.717) is 0 Å². The lowest BCUT2D eigenvalue weighted by Gasteiger charge is -2.06. The van der Waals surface area contributed by atoms with Crippen molar-refractivity contribution in [2.45, 2.75) is 26.9 Å². The first-order valence-electron chi connectivity index (χ1n) is 5.63. The number of H-pyrrole nitrogens is 1. The molecule has 0 spiro atoms. The number of nitrogens with one attached hydrogen (secondary N) is 2. The highest BCUT2D eigenvalue weighted by atomic mass is 35.5. The van der Waals surface area contributed by atoms with Gasteiger partial charge in [-0.15, -0.1) is 0 Å². The van der Waals surface area contributed by atoms with Gasteiger partial charge in [-0.2, -0.15) is 5.10 Å². The van der Waals surface area contributed by atoms with Gasteiger partial charge in [-0.1, -0.05) is 29.8 Å². The number of hydrogen-bond acceptors (Lipinski definition) is 2. The van der Waals surface area contributed by atoms with E-state index in [4.69, 9.17) is 11.6 Å². The van der Waals surface area contributed by atoms with Crippen molar-refractivity contribution in [1.82, 2.24) is 15.5 Å². The summed E-state index contributed by atoms with van der Waals surface area (Å²) in [6.07, 6.45) is 0. The van der Waals surface area contributed by atoms with Gasteiger partial charge in [0.15, 0.2) is 0 Å². The van der Waals surface area contributed by atoms with Crippen molar-refractivity contribution in [2.75, 3.05) is 0 Å². The van der Waals surface area contributed by atoms with Gasteiger partial charge in [0.1, 0.15) is 0 Å². The maximum Gasteiger partial charge on any atom is 0.0638 e. The van der Waals surface area contributed by atoms with Gasteiger partial charge >= 0.3 is 0 Å². The number of benzene rings is 1. The summed E-state index contributed by atoms with van der Waals surface area (Å²) < 4.78 is 0. The van der Waals surface area contributed by atoms with Crippen LogP contribution >= 0.6 is 11.6 Å². The van der Waals surface area contributed by atoms with Gasteiger partial charge < -0.3 is 5.32 Å². The van der Waals surface area contributed by atoms with E-state index in [-0.39, 0.29) is 0 Å². The molecule has 0 aliphatic rings. The molecule has 2 rings (SSSR count). The molecule has 4 heteroatoms. The molecule has 0 atom stereocenters. The van der Waals surface area contributed by atoms with E-state index in [2.05, 4.69) is 15.5 Å². The first kappa shape index (κ1) is 12.1. The Kier molecular flexibility index (Phi) is 3.82. The van der Waals surface area contributed by atoms with Crippen LogP contribution in [0, 0.1) is 13.8 Å². The smallest absolute Gasteiger partial charge is 0.0638 e. The first-order valence-corrected chi connectivity index (χ1v) is 6.01. The minimum Gasteiger partial charge on any atom is -0.308 e. The van der Waals surface area contributed by atoms with Crippen LogP contribution in [0.1, 0.15) is 22.5 Å². The number of halogens is 1. The zero-order valence-corrected chi connectivity index (χ0v) is 10.8. The van der Waals surface area contributed by atoms with E-state index in [9.17, 15) is 0 Å². The van der Waals surface area contributed by atoms with Crippen molar-refractivity contribution in [1.29, 1.82) is 0 Å². The van der Waals surface area contributed by atoms with Crippen molar-refractivity contribution in [3.63, 3.8) is 0 Å². The van der Waals surface area contributed by atoms with Gasteiger partial charge in [0.05, 0.1) is 5.69 Å². The predicted molar refractivity (Wildman–Crippen MR) is 70.1 cm³/mol. The van der Waals surface area contributed by atoms with Crippen molar-refractivity contribution in [2.24, 2.45) is 0 Å². The molecule has 0 aliphatic heterocycles. The summed E-state index contributed by atoms with van der Waals surface area (Å²) in [5, 5.41) is 11.3. The standard InChI is InChI=1S/C13H16ClN3/c1-9-12(10(2)17-16-9)8-15-7-11-5-3-4-6-13(11)14/h3-6,15H,7-8H2,1-2H3,(H,16,17). The van der Waals surface area contributed by atoms with E-state index < -0.39 is 0 Å². The molecule has 0 saturated carbocycles. The maximum atomic E-state index is 6.09. The molecule has 1 aromatic carbocycles. The summed E-state index contributed by atoms with van der Waals surface area (Å²) in [4.78, 5) is 0. The minimum atomic E-state index is 0.768. The van der Waals surface area contributed by atoms with Crippen LogP contribution in [0.15, 0.2) is 24.3 Å². The highest BCUT2D eigenvalue weighted by Gasteiger charge is 2.05. The molecule has 0 aliphatic carbocycles. The third kappa shape index (κ3) is 2.87. The van der Waals surface area contributed by atoms with Gasteiger partial charge in [0.2, 0.25) is 0 Å². The number of rotatable bonds is 4. The molecule has 0 amide bonds. The SMILES string of the molecule is Cc1n[nH]c(C)c1CNCc1ccccc1Cl. The summed E-state index contributed by atoms with van der Waals surface area (Å²) in [5.74, 6) is 0. The van der Waals surface area contributed by atoms with Gasteiger partial charge in [0.25, 0.3) is 0 Å². The number of aromatic amines is 1. The molecule has 0 bridgehead atoms. The van der Waals surface area contributed by atoms with Crippen LogP contribution in [0.3, 0.4) is 0 Å². The second-order valence-electron chi connectivity index (χ2n) is 4.11. The monoisotopic (exact) mass is 249 g/mol. The Morgan fingerprint density at radius 3 is 2.65 bits per heavy atom. The average Bonchev–Trinajstić information content (AvgIpc) is 2.63. The van der Waals surface area contributed by atoms with E-state index in [0.717, 1.165) is 35.1 Å². The van der Waals surface area contributed by atoms with E-state index in [1.54, 1.807) is 0 Å². The van der Waals surface area contributed by atoms with Crippen molar-refractivity contribution < 1.29 is 0 Å². The lowest BCUT2D eigenvalue weighted by Crippen LogP contribution is -2.13. The van der Waals surface area contributed by atoms with Crippen LogP contribution in [0.4, 0.5) is 0 Å². The molecule has 0 saturated heterocycles. The van der Waals surface area contributed by atoms with Crippen LogP contribution in [0.5, 0.6) is 0 Å². The second kappa shape index (κ2) is 5.34. The minimum absolute atomic E-state index is 0.768. The predicted octanol–water partition coefficient (Wildman–Crippen LogP) is 2.97. The molecule has 0 fully saturated rings. The normalized spacial score (nSPS) is 10.8. The third-order valence-corrected chi connectivity index (χ3v) is 3.22. The largest absolute Gasteiger partial charge is 0.308 e. The third-order valence-electron chi connectivity index (χ3n) is 2.86. The Bertz CT molecular complexity index is 486. The fourth-order valence-electron chi connectivity index (χ4n) is 1.80. The Hall–Kier alpha value is -1.32. The van der Waals surface area contributed by atoms with Gasteiger partial charge in [0, 0.05) is 29.4 Å². The summed E-state index contributed by atoms with van der Waals surface area (Å²) in [5.41, 5.74) is 4.52. The topological polar surface area (TPSA) is 40.7 Å². The number of aromatic nitrogens is 2. The molecule has 1 aromatic heterocycles. The quantitative estimate of drug-likeness (QED) is 0.875. The summed E-state index contributed by atoms with van der Waals surface area (Å²) in [7, 11) is 0. The summed E-state index contributed by atoms with van der Waals surface area (Å²) in [6, 6.07) is 7.88. The fraction of sp³-hybridized carbons (Fsp3) is 0.308. The van der Waals surface area contributed by atoms with Crippen molar-refractivity contribution >= 4 is 11.6 Å². The van der Waals surface area contributed by atoms with E-state index in [1.165, 1.54) is 5.56 Å². The molecule has 0 unspecified atom stereocenters. The van der Waals surface area contributed by atoms with Gasteiger partial charge in [-0.3, -0.25) is 5.10 Å². The molecule has 0 radical (unpaired) electrons. The molecule has 3 nitrogen and oxygen atoms in total. The molecule has 17 heavy (non-hydrogen) atoms. The van der Waals surface area contributed by atoms with E-state index >= 15 is 0 Å². The number of hydrogen-bond donors (Lipinski definition) is 2. The van der Waals surface area contributed by atoms with Gasteiger partial charge in [-0.25, -0.2) is 0 Å². The molecule has 1 heterocycles. The molecule has 90 valence electrons. The van der Waals surface area contributed by atoms with Gasteiger partial charge in [-0.05, 0) is 25.5 Å². The highest BCUT2D eigenvalue weighted by molar-refractivity contribution is 6.31. The molecular weight excluding hydrogens is 234 g/mol. The zero-order valence-electron chi connectivity index (χ0n) is 10.0. The lowest BCUT2D eigenvalue weighted by molar-refractivity contribution is 0.688. The van der Waals surface area contributed by atoms with Crippen molar-refractivity contribution in [3.8, 4) is 0 Å². The second-order valence-corrected chi connectivity index (χ2v) is 4.51. The maximum absolute atomic E-state index is 6.09. The van der Waals surface area contributed by atoms with Crippen LogP contribution in [-0.2, 0) is 13.1 Å². The highest BCUT2D eigenvalue weighted by Crippen LogP contribution is 2.15. The fourth-order valence-corrected chi connectivity index (χ4v) is 2.00. The number of nitrogens with zero attached hydrogens (tertiary/aromatic N) is 1. The van der Waals surface area contributed by atoms with Crippen LogP contribution in [-0.4, -0.2) is 10.2 Å². The Morgan fingerprint density at radius 1 is 1.24 bits per heavy atom. The van der Waals surface area contributed by atoms with Crippen LogP contribution < -0.4 is 5.32 Å². The first-order chi connectivity index (χ1) is 8.18. The van der Waals surface area contributed by atoms with Crippen molar-refractivity contribution in [3.05, 3.63) is 51.8 Å². The molecule has 2 N–H and O–H groups in total.